The van der Waals surface area contributed by atoms with Gasteiger partial charge in [-0.05, 0) is 73.6 Å². The number of nitrogens with zero attached hydrogens (tertiary/aromatic N) is 4. The Morgan fingerprint density at radius 2 is 1.41 bits per heavy atom. The molecule has 1 aliphatic rings. The molecule has 0 atom stereocenters. The number of alkyl halides is 3. The highest BCUT2D eigenvalue weighted by Crippen LogP contribution is 2.32. The predicted octanol–water partition coefficient (Wildman–Crippen LogP) is 5.78. The van der Waals surface area contributed by atoms with E-state index in [9.17, 15) is 18.0 Å². The number of rotatable bonds is 8. The van der Waals surface area contributed by atoms with Gasteiger partial charge >= 0.3 is 6.18 Å². The molecule has 0 spiro atoms. The second-order valence-corrected chi connectivity index (χ2v) is 9.83. The highest BCUT2D eigenvalue weighted by molar-refractivity contribution is 5.78. The Balaban J connectivity index is 1.28. The van der Waals surface area contributed by atoms with E-state index in [-0.39, 0.29) is 12.5 Å². The average molecular weight is 565 g/mol. The number of benzene rings is 3. The van der Waals surface area contributed by atoms with Crippen molar-refractivity contribution in [3.05, 3.63) is 84.4 Å². The van der Waals surface area contributed by atoms with Crippen LogP contribution >= 0.6 is 0 Å². The second kappa shape index (κ2) is 12.1. The molecule has 4 aromatic rings. The third-order valence-corrected chi connectivity index (χ3v) is 6.99. The topological polar surface area (TPSA) is 59.8 Å². The zero-order valence-corrected chi connectivity index (χ0v) is 22.9. The molecule has 1 aliphatic heterocycles. The molecule has 5 rings (SSSR count). The number of amides is 1. The minimum absolute atomic E-state index is 0.00531. The number of carbonyl (C=O) groups is 1. The highest BCUT2D eigenvalue weighted by Gasteiger charge is 2.30. The fourth-order valence-electron chi connectivity index (χ4n) is 4.60. The Kier molecular flexibility index (Phi) is 8.30. The fourth-order valence-corrected chi connectivity index (χ4v) is 4.60. The molecule has 1 aromatic heterocycles. The maximum atomic E-state index is 12.9. The van der Waals surface area contributed by atoms with Crippen molar-refractivity contribution in [3.63, 3.8) is 0 Å². The van der Waals surface area contributed by atoms with Gasteiger partial charge in [-0.2, -0.15) is 18.3 Å². The first-order valence-electron chi connectivity index (χ1n) is 13.4. The van der Waals surface area contributed by atoms with E-state index in [4.69, 9.17) is 14.6 Å². The van der Waals surface area contributed by atoms with Crippen LogP contribution in [-0.2, 0) is 11.0 Å². The largest absolute Gasteiger partial charge is 0.484 e. The Hall–Kier alpha value is -4.31. The molecule has 0 saturated carbocycles. The molecule has 3 aromatic carbocycles. The van der Waals surface area contributed by atoms with E-state index in [0.29, 0.717) is 42.6 Å². The van der Waals surface area contributed by atoms with Gasteiger partial charge in [-0.3, -0.25) is 4.79 Å². The number of halogens is 3. The zero-order chi connectivity index (χ0) is 29.0. The van der Waals surface area contributed by atoms with Crippen molar-refractivity contribution in [2.45, 2.75) is 13.1 Å². The Labute approximate surface area is 236 Å². The number of ether oxygens (including phenoxy) is 2. The molecule has 2 heterocycles. The van der Waals surface area contributed by atoms with Crippen LogP contribution in [0.25, 0.3) is 28.1 Å². The van der Waals surface area contributed by atoms with Crippen molar-refractivity contribution in [2.75, 3.05) is 46.4 Å². The summed E-state index contributed by atoms with van der Waals surface area (Å²) in [5, 5.41) is 4.74. The number of aromatic nitrogens is 2. The van der Waals surface area contributed by atoms with Gasteiger partial charge in [-0.15, -0.1) is 0 Å². The molecule has 7 nitrogen and oxygen atoms in total. The maximum Gasteiger partial charge on any atom is 0.416 e. The summed E-state index contributed by atoms with van der Waals surface area (Å²) in [7, 11) is 2.04. The Morgan fingerprint density at radius 3 is 2.00 bits per heavy atom. The van der Waals surface area contributed by atoms with Gasteiger partial charge in [0.15, 0.2) is 6.61 Å². The van der Waals surface area contributed by atoms with Gasteiger partial charge < -0.3 is 19.3 Å². The lowest BCUT2D eigenvalue weighted by molar-refractivity contribution is -0.137. The molecule has 1 fully saturated rings. The van der Waals surface area contributed by atoms with Crippen molar-refractivity contribution in [3.8, 4) is 39.7 Å². The lowest BCUT2D eigenvalue weighted by Crippen LogP contribution is -2.48. The Bertz CT molecular complexity index is 1460. The van der Waals surface area contributed by atoms with Crippen LogP contribution in [0.3, 0.4) is 0 Å². The van der Waals surface area contributed by atoms with Crippen LogP contribution in [0.2, 0.25) is 0 Å². The molecular weight excluding hydrogens is 533 g/mol. The zero-order valence-electron chi connectivity index (χ0n) is 22.9. The molecule has 10 heteroatoms. The first kappa shape index (κ1) is 28.2. The average Bonchev–Trinajstić information content (AvgIpc) is 3.40. The van der Waals surface area contributed by atoms with E-state index in [0.717, 1.165) is 42.0 Å². The third-order valence-electron chi connectivity index (χ3n) is 6.99. The maximum absolute atomic E-state index is 12.9. The van der Waals surface area contributed by atoms with Crippen LogP contribution in [0.1, 0.15) is 12.5 Å². The SMILES string of the molecule is CCOc1cc(-c2ccc(OCC(=O)N3CCN(C)CC3)cc2)nn1-c1ccc(-c2ccc(C(F)(F)F)cc2)cc1. The van der Waals surface area contributed by atoms with E-state index < -0.39 is 11.7 Å². The third kappa shape index (κ3) is 6.71. The van der Waals surface area contributed by atoms with Crippen molar-refractivity contribution in [2.24, 2.45) is 0 Å². The second-order valence-electron chi connectivity index (χ2n) is 9.83. The summed E-state index contributed by atoms with van der Waals surface area (Å²) >= 11 is 0. The molecule has 0 unspecified atom stereocenters. The summed E-state index contributed by atoms with van der Waals surface area (Å²) < 4.78 is 52.0. The molecule has 0 N–H and O–H groups in total. The number of carbonyl (C=O) groups excluding carboxylic acids is 1. The summed E-state index contributed by atoms with van der Waals surface area (Å²) in [4.78, 5) is 16.5. The molecule has 1 saturated heterocycles. The number of hydrogen-bond acceptors (Lipinski definition) is 5. The Morgan fingerprint density at radius 1 is 0.829 bits per heavy atom. The van der Waals surface area contributed by atoms with Crippen molar-refractivity contribution >= 4 is 5.91 Å². The fraction of sp³-hybridized carbons (Fsp3) is 0.290. The van der Waals surface area contributed by atoms with Crippen molar-refractivity contribution < 1.29 is 27.4 Å². The minimum atomic E-state index is -4.37. The summed E-state index contributed by atoms with van der Waals surface area (Å²) in [6.45, 7) is 5.47. The molecule has 0 aliphatic carbocycles. The van der Waals surface area contributed by atoms with Crippen LogP contribution in [0.5, 0.6) is 11.6 Å². The highest BCUT2D eigenvalue weighted by atomic mass is 19.4. The van der Waals surface area contributed by atoms with Gasteiger partial charge in [0, 0.05) is 37.8 Å². The monoisotopic (exact) mass is 564 g/mol. The smallest absolute Gasteiger partial charge is 0.416 e. The van der Waals surface area contributed by atoms with E-state index in [1.54, 1.807) is 4.68 Å². The first-order chi connectivity index (χ1) is 19.7. The van der Waals surface area contributed by atoms with Gasteiger partial charge in [-0.1, -0.05) is 24.3 Å². The normalized spacial score (nSPS) is 14.2. The molecule has 0 bridgehead atoms. The van der Waals surface area contributed by atoms with E-state index >= 15 is 0 Å². The minimum Gasteiger partial charge on any atom is -0.484 e. The van der Waals surface area contributed by atoms with Gasteiger partial charge in [0.2, 0.25) is 5.88 Å². The lowest BCUT2D eigenvalue weighted by atomic mass is 10.0. The molecule has 41 heavy (non-hydrogen) atoms. The van der Waals surface area contributed by atoms with Crippen LogP contribution in [-0.4, -0.2) is 71.9 Å². The molecule has 0 radical (unpaired) electrons. The van der Waals surface area contributed by atoms with Gasteiger partial charge in [-0.25, -0.2) is 4.68 Å². The van der Waals surface area contributed by atoms with E-state index in [1.807, 2.05) is 73.5 Å². The molecule has 1 amide bonds. The van der Waals surface area contributed by atoms with E-state index in [2.05, 4.69) is 4.90 Å². The summed E-state index contributed by atoms with van der Waals surface area (Å²) in [6, 6.07) is 21.7. The summed E-state index contributed by atoms with van der Waals surface area (Å²) in [5.41, 5.74) is 3.08. The lowest BCUT2D eigenvalue weighted by Gasteiger charge is -2.32. The van der Waals surface area contributed by atoms with Gasteiger partial charge in [0.05, 0.1) is 23.6 Å². The van der Waals surface area contributed by atoms with E-state index in [1.165, 1.54) is 12.1 Å². The first-order valence-corrected chi connectivity index (χ1v) is 13.4. The number of piperazine rings is 1. The molecular formula is C31H31F3N4O3. The summed E-state index contributed by atoms with van der Waals surface area (Å²) in [5.74, 6) is 1.13. The number of hydrogen-bond donors (Lipinski definition) is 0. The van der Waals surface area contributed by atoms with Crippen molar-refractivity contribution in [1.29, 1.82) is 0 Å². The van der Waals surface area contributed by atoms with Crippen LogP contribution in [0.15, 0.2) is 78.9 Å². The van der Waals surface area contributed by atoms with Crippen LogP contribution in [0, 0.1) is 0 Å². The quantitative estimate of drug-likeness (QED) is 0.272. The number of likely N-dealkylation sites (N-methyl/N-ethyl adjacent to an activating group) is 1. The summed E-state index contributed by atoms with van der Waals surface area (Å²) in [6.07, 6.45) is -4.37. The van der Waals surface area contributed by atoms with Crippen molar-refractivity contribution in [1.82, 2.24) is 19.6 Å². The van der Waals surface area contributed by atoms with Gasteiger partial charge in [0.25, 0.3) is 5.91 Å². The van der Waals surface area contributed by atoms with Gasteiger partial charge in [0.1, 0.15) is 5.75 Å². The molecule has 214 valence electrons. The van der Waals surface area contributed by atoms with Crippen LogP contribution in [0.4, 0.5) is 13.2 Å². The van der Waals surface area contributed by atoms with Crippen LogP contribution < -0.4 is 9.47 Å². The predicted molar refractivity (Wildman–Crippen MR) is 150 cm³/mol. The standard InChI is InChI=1S/C31H31F3N4O3/c1-3-40-30-20-28(24-8-14-27(15-9-24)41-21-29(39)37-18-16-36(2)17-19-37)35-38(30)26-12-6-23(7-13-26)22-4-10-25(11-5-22)31(32,33)34/h4-15,20H,3,16-19,21H2,1-2H3.